The number of nitrogens with zero attached hydrogens (tertiary/aromatic N) is 3. The van der Waals surface area contributed by atoms with E-state index in [2.05, 4.69) is 20.1 Å². The number of rotatable bonds is 4. The zero-order valence-electron chi connectivity index (χ0n) is 13.1. The van der Waals surface area contributed by atoms with Gasteiger partial charge in [-0.3, -0.25) is 9.69 Å². The van der Waals surface area contributed by atoms with E-state index in [4.69, 9.17) is 23.2 Å². The van der Waals surface area contributed by atoms with Gasteiger partial charge in [0.25, 0.3) is 0 Å². The van der Waals surface area contributed by atoms with Gasteiger partial charge in [0.05, 0.1) is 11.6 Å². The molecule has 1 amide bonds. The first-order valence-corrected chi connectivity index (χ1v) is 8.50. The Bertz CT molecular complexity index is 683. The van der Waals surface area contributed by atoms with Gasteiger partial charge in [0.1, 0.15) is 5.82 Å². The zero-order chi connectivity index (χ0) is 16.9. The van der Waals surface area contributed by atoms with Crippen molar-refractivity contribution in [2.75, 3.05) is 42.9 Å². The van der Waals surface area contributed by atoms with Gasteiger partial charge < -0.3 is 10.2 Å². The molecule has 1 aliphatic heterocycles. The number of carbonyl (C=O) groups excluding carboxylic acids is 1. The number of amides is 1. The summed E-state index contributed by atoms with van der Waals surface area (Å²) in [6, 6.07) is 11.2. The zero-order valence-corrected chi connectivity index (χ0v) is 14.6. The van der Waals surface area contributed by atoms with E-state index in [1.54, 1.807) is 12.1 Å². The van der Waals surface area contributed by atoms with Crippen LogP contribution >= 0.6 is 23.2 Å². The van der Waals surface area contributed by atoms with Gasteiger partial charge in [-0.25, -0.2) is 4.98 Å². The molecule has 24 heavy (non-hydrogen) atoms. The van der Waals surface area contributed by atoms with Gasteiger partial charge >= 0.3 is 0 Å². The Morgan fingerprint density at radius 3 is 2.29 bits per heavy atom. The number of aromatic nitrogens is 1. The second-order valence-corrected chi connectivity index (χ2v) is 6.52. The summed E-state index contributed by atoms with van der Waals surface area (Å²) in [5, 5.41) is 4.08. The molecule has 0 atom stereocenters. The van der Waals surface area contributed by atoms with Gasteiger partial charge in [0, 0.05) is 43.1 Å². The van der Waals surface area contributed by atoms with E-state index in [9.17, 15) is 4.79 Å². The van der Waals surface area contributed by atoms with Crippen molar-refractivity contribution >= 4 is 40.6 Å². The molecule has 1 saturated heterocycles. The molecular formula is C17H18Cl2N4O. The molecule has 0 aliphatic carbocycles. The third-order valence-electron chi connectivity index (χ3n) is 3.93. The summed E-state index contributed by atoms with van der Waals surface area (Å²) in [4.78, 5) is 20.6. The number of halogens is 2. The standard InChI is InChI=1S/C17H18Cl2N4O/c18-13-1-4-15(5-2-13)23-9-7-22(8-10-23)12-17(24)21-16-6-3-14(19)11-20-16/h1-6,11H,7-10,12H2,(H,20,21,24). The highest BCUT2D eigenvalue weighted by atomic mass is 35.5. The highest BCUT2D eigenvalue weighted by Gasteiger charge is 2.19. The summed E-state index contributed by atoms with van der Waals surface area (Å²) in [6.07, 6.45) is 1.52. The topological polar surface area (TPSA) is 48.5 Å². The van der Waals surface area contributed by atoms with Crippen LogP contribution in [0, 0.1) is 0 Å². The monoisotopic (exact) mass is 364 g/mol. The van der Waals surface area contributed by atoms with Crippen LogP contribution in [0.4, 0.5) is 11.5 Å². The van der Waals surface area contributed by atoms with Crippen LogP contribution in [0.3, 0.4) is 0 Å². The number of nitrogens with one attached hydrogen (secondary N) is 1. The minimum atomic E-state index is -0.0650. The molecule has 126 valence electrons. The van der Waals surface area contributed by atoms with Crippen molar-refractivity contribution < 1.29 is 4.79 Å². The second kappa shape index (κ2) is 7.83. The molecule has 2 heterocycles. The maximum Gasteiger partial charge on any atom is 0.239 e. The van der Waals surface area contributed by atoms with Gasteiger partial charge in [-0.1, -0.05) is 23.2 Å². The summed E-state index contributed by atoms with van der Waals surface area (Å²) in [6.45, 7) is 3.80. The van der Waals surface area contributed by atoms with E-state index in [1.807, 2.05) is 24.3 Å². The van der Waals surface area contributed by atoms with Crippen LogP contribution in [0.2, 0.25) is 10.0 Å². The molecule has 1 fully saturated rings. The number of carbonyl (C=O) groups is 1. The molecule has 1 aromatic heterocycles. The SMILES string of the molecule is O=C(CN1CCN(c2ccc(Cl)cc2)CC1)Nc1ccc(Cl)cn1. The van der Waals surface area contributed by atoms with Crippen LogP contribution in [-0.2, 0) is 4.79 Å². The summed E-state index contributed by atoms with van der Waals surface area (Å²) in [5.41, 5.74) is 1.16. The fraction of sp³-hybridized carbons (Fsp3) is 0.294. The Balaban J connectivity index is 1.47. The summed E-state index contributed by atoms with van der Waals surface area (Å²) < 4.78 is 0. The Kier molecular flexibility index (Phi) is 5.56. The molecule has 1 aliphatic rings. The van der Waals surface area contributed by atoms with Crippen LogP contribution < -0.4 is 10.2 Å². The minimum absolute atomic E-state index is 0.0650. The average Bonchev–Trinajstić information content (AvgIpc) is 2.58. The summed E-state index contributed by atoms with van der Waals surface area (Å²) in [7, 11) is 0. The van der Waals surface area contributed by atoms with Crippen molar-refractivity contribution in [3.63, 3.8) is 0 Å². The molecule has 5 nitrogen and oxygen atoms in total. The maximum absolute atomic E-state index is 12.1. The third-order valence-corrected chi connectivity index (χ3v) is 4.40. The lowest BCUT2D eigenvalue weighted by Gasteiger charge is -2.35. The minimum Gasteiger partial charge on any atom is -0.369 e. The molecule has 0 spiro atoms. The lowest BCUT2D eigenvalue weighted by Crippen LogP contribution is -2.48. The Hall–Kier alpha value is -1.82. The van der Waals surface area contributed by atoms with E-state index in [-0.39, 0.29) is 5.91 Å². The van der Waals surface area contributed by atoms with E-state index in [0.717, 1.165) is 36.9 Å². The van der Waals surface area contributed by atoms with E-state index >= 15 is 0 Å². The highest BCUT2D eigenvalue weighted by molar-refractivity contribution is 6.30. The fourth-order valence-corrected chi connectivity index (χ4v) is 2.89. The first-order chi connectivity index (χ1) is 11.6. The Morgan fingerprint density at radius 1 is 1.00 bits per heavy atom. The Morgan fingerprint density at radius 2 is 1.67 bits per heavy atom. The molecule has 7 heteroatoms. The lowest BCUT2D eigenvalue weighted by atomic mass is 10.2. The number of hydrogen-bond acceptors (Lipinski definition) is 4. The van der Waals surface area contributed by atoms with Gasteiger partial charge in [0.15, 0.2) is 0 Å². The number of hydrogen-bond donors (Lipinski definition) is 1. The van der Waals surface area contributed by atoms with Crippen molar-refractivity contribution in [3.05, 3.63) is 52.6 Å². The molecule has 1 N–H and O–H groups in total. The van der Waals surface area contributed by atoms with Gasteiger partial charge in [-0.05, 0) is 36.4 Å². The largest absolute Gasteiger partial charge is 0.369 e. The molecule has 3 rings (SSSR count). The molecule has 0 unspecified atom stereocenters. The predicted octanol–water partition coefficient (Wildman–Crippen LogP) is 3.15. The van der Waals surface area contributed by atoms with Gasteiger partial charge in [-0.2, -0.15) is 0 Å². The smallest absolute Gasteiger partial charge is 0.239 e. The third kappa shape index (κ3) is 4.60. The molecular weight excluding hydrogens is 347 g/mol. The van der Waals surface area contributed by atoms with Crippen molar-refractivity contribution in [3.8, 4) is 0 Å². The van der Waals surface area contributed by atoms with Crippen LogP contribution in [0.1, 0.15) is 0 Å². The number of benzene rings is 1. The van der Waals surface area contributed by atoms with Crippen LogP contribution in [0.15, 0.2) is 42.6 Å². The van der Waals surface area contributed by atoms with Crippen molar-refractivity contribution in [1.82, 2.24) is 9.88 Å². The average molecular weight is 365 g/mol. The van der Waals surface area contributed by atoms with Crippen LogP contribution in [-0.4, -0.2) is 48.5 Å². The van der Waals surface area contributed by atoms with Crippen molar-refractivity contribution in [2.24, 2.45) is 0 Å². The normalized spacial score (nSPS) is 15.3. The molecule has 0 saturated carbocycles. The quantitative estimate of drug-likeness (QED) is 0.905. The molecule has 2 aromatic rings. The van der Waals surface area contributed by atoms with Crippen molar-refractivity contribution in [2.45, 2.75) is 0 Å². The van der Waals surface area contributed by atoms with E-state index in [0.29, 0.717) is 17.4 Å². The highest BCUT2D eigenvalue weighted by Crippen LogP contribution is 2.19. The second-order valence-electron chi connectivity index (χ2n) is 5.65. The fourth-order valence-electron chi connectivity index (χ4n) is 2.65. The summed E-state index contributed by atoms with van der Waals surface area (Å²) >= 11 is 11.7. The van der Waals surface area contributed by atoms with Crippen molar-refractivity contribution in [1.29, 1.82) is 0 Å². The van der Waals surface area contributed by atoms with Gasteiger partial charge in [-0.15, -0.1) is 0 Å². The van der Waals surface area contributed by atoms with E-state index in [1.165, 1.54) is 6.20 Å². The van der Waals surface area contributed by atoms with Crippen LogP contribution in [0.5, 0.6) is 0 Å². The van der Waals surface area contributed by atoms with E-state index < -0.39 is 0 Å². The number of anilines is 2. The number of pyridine rings is 1. The predicted molar refractivity (Wildman–Crippen MR) is 98.0 cm³/mol. The lowest BCUT2D eigenvalue weighted by molar-refractivity contribution is -0.117. The van der Waals surface area contributed by atoms with Crippen LogP contribution in [0.25, 0.3) is 0 Å². The maximum atomic E-state index is 12.1. The molecule has 0 bridgehead atoms. The van der Waals surface area contributed by atoms with Gasteiger partial charge in [0.2, 0.25) is 5.91 Å². The summed E-state index contributed by atoms with van der Waals surface area (Å²) in [5.74, 6) is 0.453. The number of piperazine rings is 1. The molecule has 0 radical (unpaired) electrons. The Labute approximate surface area is 151 Å². The first-order valence-electron chi connectivity index (χ1n) is 7.74. The molecule has 1 aromatic carbocycles. The first kappa shape index (κ1) is 17.0.